The minimum Gasteiger partial charge on any atom is -0.364 e. The molecule has 0 bridgehead atoms. The minimum atomic E-state index is -4.56. The van der Waals surface area contributed by atoms with Crippen molar-refractivity contribution in [2.45, 2.75) is 33.0 Å². The Bertz CT molecular complexity index is 1470. The smallest absolute Gasteiger partial charge is 0.364 e. The molecule has 0 radical (unpaired) electrons. The van der Waals surface area contributed by atoms with Gasteiger partial charge in [-0.3, -0.25) is 9.59 Å². The first kappa shape index (κ1) is 26.4. The van der Waals surface area contributed by atoms with Gasteiger partial charge in [0.25, 0.3) is 0 Å². The lowest BCUT2D eigenvalue weighted by Crippen LogP contribution is -2.46. The fourth-order valence-corrected chi connectivity index (χ4v) is 4.52. The summed E-state index contributed by atoms with van der Waals surface area (Å²) in [6.45, 7) is 5.85. The van der Waals surface area contributed by atoms with Gasteiger partial charge in [-0.25, -0.2) is 9.97 Å². The Balaban J connectivity index is 1.78. The molecule has 0 saturated carbocycles. The van der Waals surface area contributed by atoms with E-state index in [0.717, 1.165) is 18.2 Å². The fourth-order valence-electron chi connectivity index (χ4n) is 4.29. The summed E-state index contributed by atoms with van der Waals surface area (Å²) in [4.78, 5) is 37.5. The van der Waals surface area contributed by atoms with Crippen molar-refractivity contribution in [1.29, 1.82) is 0 Å². The van der Waals surface area contributed by atoms with Crippen LogP contribution in [0.2, 0.25) is 5.02 Å². The number of anilines is 2. The molecule has 3 heterocycles. The van der Waals surface area contributed by atoms with E-state index in [0.29, 0.717) is 49.7 Å². The molecule has 1 saturated heterocycles. The molecule has 1 aliphatic rings. The number of nitrogens with zero attached hydrogens (tertiary/aromatic N) is 4. The van der Waals surface area contributed by atoms with Gasteiger partial charge in [-0.05, 0) is 37.5 Å². The first-order valence-corrected chi connectivity index (χ1v) is 12.0. The lowest BCUT2D eigenvalue weighted by Gasteiger charge is -2.31. The van der Waals surface area contributed by atoms with E-state index in [4.69, 9.17) is 11.6 Å². The highest BCUT2D eigenvalue weighted by Gasteiger charge is 2.31. The molecule has 3 aromatic rings. The van der Waals surface area contributed by atoms with Gasteiger partial charge in [0.15, 0.2) is 11.2 Å². The lowest BCUT2D eigenvalue weighted by molar-refractivity contribution is -0.137. The summed E-state index contributed by atoms with van der Waals surface area (Å²) >= 11 is 6.02. The number of amides is 1. The van der Waals surface area contributed by atoms with E-state index >= 15 is 0 Å². The highest BCUT2D eigenvalue weighted by atomic mass is 35.5. The maximum atomic E-state index is 13.6. The molecule has 0 aliphatic carbocycles. The van der Waals surface area contributed by atoms with E-state index < -0.39 is 17.6 Å². The average Bonchev–Trinajstić information content (AvgIpc) is 2.86. The van der Waals surface area contributed by atoms with Crippen LogP contribution in [0.25, 0.3) is 11.2 Å². The molecule has 4 rings (SSSR count). The Kier molecular flexibility index (Phi) is 7.71. The average molecular weight is 533 g/mol. The number of rotatable bonds is 5. The third kappa shape index (κ3) is 5.55. The number of fused-ring (bicyclic) bond motifs is 1. The summed E-state index contributed by atoms with van der Waals surface area (Å²) in [6.07, 6.45) is -2.70. The monoisotopic (exact) mass is 532 g/mol. The summed E-state index contributed by atoms with van der Waals surface area (Å²) in [5.74, 6) is 4.98. The van der Waals surface area contributed by atoms with Crippen LogP contribution in [0.1, 0.15) is 30.8 Å². The Morgan fingerprint density at radius 3 is 2.62 bits per heavy atom. The molecular weight excluding hydrogens is 509 g/mol. The summed E-state index contributed by atoms with van der Waals surface area (Å²) in [6, 6.07) is 2.71. The second-order valence-corrected chi connectivity index (χ2v) is 8.75. The summed E-state index contributed by atoms with van der Waals surface area (Å²) in [7, 11) is 0. The first-order valence-electron chi connectivity index (χ1n) is 11.6. The molecule has 37 heavy (non-hydrogen) atoms. The quantitative estimate of drug-likeness (QED) is 0.489. The van der Waals surface area contributed by atoms with Crippen molar-refractivity contribution < 1.29 is 18.0 Å². The number of nitrogens with one attached hydrogen (secondary N) is 2. The summed E-state index contributed by atoms with van der Waals surface area (Å²) in [5.41, 5.74) is 0.527. The van der Waals surface area contributed by atoms with Crippen LogP contribution in [-0.4, -0.2) is 46.6 Å². The zero-order chi connectivity index (χ0) is 26.7. The topological polar surface area (TPSA) is 92.2 Å². The Labute approximate surface area is 215 Å². The number of halogens is 4. The van der Waals surface area contributed by atoms with Gasteiger partial charge in [-0.15, -0.1) is 0 Å². The van der Waals surface area contributed by atoms with Crippen molar-refractivity contribution in [2.24, 2.45) is 0 Å². The van der Waals surface area contributed by atoms with Gasteiger partial charge >= 0.3 is 6.18 Å². The van der Waals surface area contributed by atoms with Crippen molar-refractivity contribution in [2.75, 3.05) is 36.4 Å². The van der Waals surface area contributed by atoms with Crippen LogP contribution < -0.4 is 21.0 Å². The highest BCUT2D eigenvalue weighted by Crippen LogP contribution is 2.34. The predicted octanol–water partition coefficient (Wildman–Crippen LogP) is 3.45. The molecule has 12 heteroatoms. The minimum absolute atomic E-state index is 0.0389. The third-order valence-corrected chi connectivity index (χ3v) is 6.24. The van der Waals surface area contributed by atoms with E-state index in [2.05, 4.69) is 32.4 Å². The van der Waals surface area contributed by atoms with E-state index in [1.165, 1.54) is 6.20 Å². The molecular formula is C25H24ClF3N6O2. The van der Waals surface area contributed by atoms with Gasteiger partial charge in [0.05, 0.1) is 22.5 Å². The van der Waals surface area contributed by atoms with Gasteiger partial charge in [-0.1, -0.05) is 24.4 Å². The van der Waals surface area contributed by atoms with Crippen LogP contribution in [0, 0.1) is 11.8 Å². The number of hydrogen-bond acceptors (Lipinski definition) is 6. The Morgan fingerprint density at radius 1 is 1.27 bits per heavy atom. The molecule has 8 nitrogen and oxygen atoms in total. The number of hydrogen-bond donors (Lipinski definition) is 2. The largest absolute Gasteiger partial charge is 0.416 e. The maximum absolute atomic E-state index is 13.6. The number of aromatic nitrogens is 3. The van der Waals surface area contributed by atoms with Gasteiger partial charge < -0.3 is 20.1 Å². The van der Waals surface area contributed by atoms with Crippen LogP contribution in [0.3, 0.4) is 0 Å². The van der Waals surface area contributed by atoms with Gasteiger partial charge in [0, 0.05) is 31.9 Å². The number of piperazine rings is 1. The second-order valence-electron chi connectivity index (χ2n) is 8.34. The van der Waals surface area contributed by atoms with Crippen LogP contribution in [0.4, 0.5) is 24.5 Å². The van der Waals surface area contributed by atoms with Gasteiger partial charge in [0.2, 0.25) is 11.3 Å². The molecule has 1 aromatic carbocycles. The van der Waals surface area contributed by atoms with Crippen molar-refractivity contribution in [1.82, 2.24) is 19.9 Å². The summed E-state index contributed by atoms with van der Waals surface area (Å²) in [5, 5.41) is 5.58. The first-order chi connectivity index (χ1) is 17.6. The molecule has 0 unspecified atom stereocenters. The zero-order valence-electron chi connectivity index (χ0n) is 20.2. The van der Waals surface area contributed by atoms with Crippen LogP contribution in [-0.2, 0) is 23.9 Å². The van der Waals surface area contributed by atoms with Crippen molar-refractivity contribution in [3.8, 4) is 11.8 Å². The molecule has 2 aromatic heterocycles. The zero-order valence-corrected chi connectivity index (χ0v) is 20.9. The molecule has 0 atom stereocenters. The maximum Gasteiger partial charge on any atom is 0.416 e. The third-order valence-electron chi connectivity index (χ3n) is 5.93. The van der Waals surface area contributed by atoms with E-state index in [1.807, 2.05) is 11.8 Å². The normalized spacial score (nSPS) is 13.8. The predicted molar refractivity (Wildman–Crippen MR) is 136 cm³/mol. The standard InChI is InChI=1S/C25H24ClF3N6O2/c1-3-5-16-13-31-24-21(32-16)23(37)22(34-10-8-30-9-11-34)19(4-2)35(24)14-20(36)33-18-7-6-15(12-17(18)26)25(27,28)29/h6-7,12-13,30H,4,8-11,14H2,1-2H3,(H,33,36). The van der Waals surface area contributed by atoms with E-state index in [-0.39, 0.29) is 33.8 Å². The highest BCUT2D eigenvalue weighted by molar-refractivity contribution is 6.33. The second kappa shape index (κ2) is 10.8. The van der Waals surface area contributed by atoms with Crippen LogP contribution in [0.15, 0.2) is 29.2 Å². The van der Waals surface area contributed by atoms with Gasteiger partial charge in [-0.2, -0.15) is 13.2 Å². The van der Waals surface area contributed by atoms with Gasteiger partial charge in [0.1, 0.15) is 17.9 Å². The molecule has 1 fully saturated rings. The van der Waals surface area contributed by atoms with Crippen LogP contribution >= 0.6 is 11.6 Å². The molecule has 1 amide bonds. The Hall–Kier alpha value is -3.62. The number of benzene rings is 1. The fraction of sp³-hybridized carbons (Fsp3) is 0.360. The SMILES string of the molecule is CC#Cc1cnc2c(n1)c(=O)c(N1CCNCC1)c(CC)n2CC(=O)Nc1ccc(C(F)(F)F)cc1Cl. The molecule has 0 spiro atoms. The van der Waals surface area contributed by atoms with Crippen molar-refractivity contribution in [3.05, 3.63) is 56.6 Å². The Morgan fingerprint density at radius 2 is 2.00 bits per heavy atom. The van der Waals surface area contributed by atoms with Crippen molar-refractivity contribution >= 4 is 40.0 Å². The van der Waals surface area contributed by atoms with Crippen molar-refractivity contribution in [3.63, 3.8) is 0 Å². The number of alkyl halides is 3. The molecule has 2 N–H and O–H groups in total. The van der Waals surface area contributed by atoms with E-state index in [1.54, 1.807) is 11.5 Å². The lowest BCUT2D eigenvalue weighted by atomic mass is 10.1. The number of carbonyl (C=O) groups excluding carboxylic acids is 1. The number of pyridine rings is 1. The molecule has 194 valence electrons. The summed E-state index contributed by atoms with van der Waals surface area (Å²) < 4.78 is 40.6. The van der Waals surface area contributed by atoms with Crippen LogP contribution in [0.5, 0.6) is 0 Å². The molecule has 1 aliphatic heterocycles. The number of carbonyl (C=O) groups is 1. The van der Waals surface area contributed by atoms with E-state index in [9.17, 15) is 22.8 Å².